The van der Waals surface area contributed by atoms with E-state index >= 15 is 0 Å². The molecule has 0 aromatic carbocycles. The molecule has 0 aliphatic carbocycles. The summed E-state index contributed by atoms with van der Waals surface area (Å²) in [6.45, 7) is 4.89. The van der Waals surface area contributed by atoms with Gasteiger partial charge in [-0.15, -0.1) is 10.2 Å². The van der Waals surface area contributed by atoms with E-state index in [4.69, 9.17) is 5.73 Å². The van der Waals surface area contributed by atoms with Crippen molar-refractivity contribution in [2.24, 2.45) is 10.7 Å². The number of fused-ring (bicyclic) bond motifs is 1. The largest absolute Gasteiger partial charge is 0.370 e. The van der Waals surface area contributed by atoms with Gasteiger partial charge >= 0.3 is 0 Å². The molecule has 0 unspecified atom stereocenters. The number of nitrogens with two attached hydrogens (primary N) is 1. The molecule has 0 amide bonds. The lowest BCUT2D eigenvalue weighted by atomic mass is 10.1. The van der Waals surface area contributed by atoms with E-state index in [1.165, 1.54) is 51.4 Å². The van der Waals surface area contributed by atoms with Crippen LogP contribution in [0.1, 0.15) is 76.4 Å². The van der Waals surface area contributed by atoms with Crippen molar-refractivity contribution in [1.82, 2.24) is 20.1 Å². The van der Waals surface area contributed by atoms with Crippen molar-refractivity contribution in [3.05, 3.63) is 11.6 Å². The van der Waals surface area contributed by atoms with Crippen molar-refractivity contribution >= 4 is 5.96 Å². The second-order valence-corrected chi connectivity index (χ2v) is 6.71. The third-order valence-corrected chi connectivity index (χ3v) is 4.63. The lowest BCUT2D eigenvalue weighted by Gasteiger charge is -2.08. The van der Waals surface area contributed by atoms with E-state index < -0.39 is 0 Å². The van der Waals surface area contributed by atoms with E-state index in [9.17, 15) is 0 Å². The fourth-order valence-electron chi connectivity index (χ4n) is 3.18. The van der Waals surface area contributed by atoms with Gasteiger partial charge in [0.05, 0.1) is 0 Å². The number of aromatic nitrogens is 3. The van der Waals surface area contributed by atoms with Crippen molar-refractivity contribution in [2.45, 2.75) is 84.1 Å². The van der Waals surface area contributed by atoms with Gasteiger partial charge in [-0.2, -0.15) is 0 Å². The third-order valence-electron chi connectivity index (χ3n) is 4.63. The Hall–Kier alpha value is -1.59. The molecule has 136 valence electrons. The molecule has 1 aromatic rings. The predicted octanol–water partition coefficient (Wildman–Crippen LogP) is 2.81. The summed E-state index contributed by atoms with van der Waals surface area (Å²) in [6.07, 6.45) is 13.3. The summed E-state index contributed by atoms with van der Waals surface area (Å²) in [5.74, 6) is 2.77. The van der Waals surface area contributed by atoms with Crippen LogP contribution in [0.2, 0.25) is 0 Å². The minimum atomic E-state index is 0.555. The normalized spacial score (nSPS) is 15.1. The highest BCUT2D eigenvalue weighted by molar-refractivity contribution is 5.77. The van der Waals surface area contributed by atoms with Crippen LogP contribution in [0.25, 0.3) is 0 Å². The lowest BCUT2D eigenvalue weighted by Crippen LogP contribution is -2.33. The first-order valence-electron chi connectivity index (χ1n) is 9.76. The second-order valence-electron chi connectivity index (χ2n) is 6.71. The quantitative estimate of drug-likeness (QED) is 0.392. The van der Waals surface area contributed by atoms with Gasteiger partial charge in [0.15, 0.2) is 5.96 Å². The van der Waals surface area contributed by atoms with Gasteiger partial charge in [0, 0.05) is 32.5 Å². The second kappa shape index (κ2) is 11.0. The molecule has 2 heterocycles. The molecule has 2 rings (SSSR count). The summed E-state index contributed by atoms with van der Waals surface area (Å²) in [4.78, 5) is 4.40. The first-order chi connectivity index (χ1) is 11.8. The highest BCUT2D eigenvalue weighted by atomic mass is 15.3. The van der Waals surface area contributed by atoms with Crippen LogP contribution in [0.3, 0.4) is 0 Å². The summed E-state index contributed by atoms with van der Waals surface area (Å²) in [5, 5.41) is 11.9. The van der Waals surface area contributed by atoms with E-state index in [0.29, 0.717) is 5.96 Å². The maximum atomic E-state index is 5.93. The molecular weight excluding hydrogens is 300 g/mol. The molecule has 1 aliphatic rings. The Morgan fingerprint density at radius 3 is 2.83 bits per heavy atom. The van der Waals surface area contributed by atoms with Crippen molar-refractivity contribution < 1.29 is 0 Å². The van der Waals surface area contributed by atoms with Gasteiger partial charge in [-0.25, -0.2) is 0 Å². The number of hydrogen-bond acceptors (Lipinski definition) is 3. The van der Waals surface area contributed by atoms with Gasteiger partial charge in [-0.1, -0.05) is 45.4 Å². The highest BCUT2D eigenvalue weighted by Gasteiger charge is 2.14. The minimum absolute atomic E-state index is 0.555. The van der Waals surface area contributed by atoms with E-state index in [2.05, 4.69) is 32.0 Å². The van der Waals surface area contributed by atoms with Gasteiger partial charge in [-0.05, 0) is 19.3 Å². The minimum Gasteiger partial charge on any atom is -0.370 e. The maximum absolute atomic E-state index is 5.93. The van der Waals surface area contributed by atoms with Gasteiger partial charge in [-0.3, -0.25) is 4.99 Å². The van der Waals surface area contributed by atoms with Crippen molar-refractivity contribution in [3.8, 4) is 0 Å². The molecule has 0 bridgehead atoms. The van der Waals surface area contributed by atoms with E-state index in [0.717, 1.165) is 50.5 Å². The van der Waals surface area contributed by atoms with Crippen LogP contribution in [0.5, 0.6) is 0 Å². The fourth-order valence-corrected chi connectivity index (χ4v) is 3.18. The number of aliphatic imine (C=N–C) groups is 1. The number of aryl methyl sites for hydroxylation is 1. The summed E-state index contributed by atoms with van der Waals surface area (Å²) in [6, 6.07) is 0. The van der Waals surface area contributed by atoms with E-state index in [1.54, 1.807) is 0 Å². The zero-order chi connectivity index (χ0) is 17.0. The van der Waals surface area contributed by atoms with Crippen molar-refractivity contribution in [2.75, 3.05) is 13.1 Å². The number of guanidine groups is 1. The summed E-state index contributed by atoms with van der Waals surface area (Å²) in [7, 11) is 0. The number of nitrogens with zero attached hydrogens (tertiary/aromatic N) is 4. The van der Waals surface area contributed by atoms with E-state index in [1.807, 2.05) is 0 Å². The van der Waals surface area contributed by atoms with Crippen LogP contribution in [0, 0.1) is 0 Å². The molecule has 0 fully saturated rings. The average Bonchev–Trinajstić information content (AvgIpc) is 2.81. The van der Waals surface area contributed by atoms with Gasteiger partial charge in [0.1, 0.15) is 11.6 Å². The molecule has 3 N–H and O–H groups in total. The molecule has 6 nitrogen and oxygen atoms in total. The number of hydrogen-bond donors (Lipinski definition) is 2. The molecule has 0 radical (unpaired) electrons. The fraction of sp³-hybridized carbons (Fsp3) is 0.833. The summed E-state index contributed by atoms with van der Waals surface area (Å²) in [5.41, 5.74) is 5.93. The number of nitrogens with one attached hydrogen (secondary N) is 1. The molecule has 0 saturated heterocycles. The molecule has 0 atom stereocenters. The predicted molar refractivity (Wildman–Crippen MR) is 99.1 cm³/mol. The summed E-state index contributed by atoms with van der Waals surface area (Å²) >= 11 is 0. The van der Waals surface area contributed by atoms with Gasteiger partial charge in [0.2, 0.25) is 0 Å². The highest BCUT2D eigenvalue weighted by Crippen LogP contribution is 2.14. The van der Waals surface area contributed by atoms with Crippen LogP contribution < -0.4 is 11.1 Å². The molecule has 6 heteroatoms. The Balaban J connectivity index is 1.61. The third kappa shape index (κ3) is 6.49. The van der Waals surface area contributed by atoms with Crippen molar-refractivity contribution in [3.63, 3.8) is 0 Å². The Bertz CT molecular complexity index is 494. The average molecular weight is 335 g/mol. The van der Waals surface area contributed by atoms with Crippen LogP contribution in [-0.2, 0) is 19.4 Å². The molecule has 24 heavy (non-hydrogen) atoms. The Labute approximate surface area is 146 Å². The molecular formula is C18H34N6. The molecule has 1 aromatic heterocycles. The maximum Gasteiger partial charge on any atom is 0.188 e. The first-order valence-corrected chi connectivity index (χ1v) is 9.76. The van der Waals surface area contributed by atoms with Crippen LogP contribution in [-0.4, -0.2) is 33.8 Å². The lowest BCUT2D eigenvalue weighted by molar-refractivity contribution is 0.600. The topological polar surface area (TPSA) is 81.1 Å². The molecule has 0 spiro atoms. The van der Waals surface area contributed by atoms with Crippen LogP contribution in [0.4, 0.5) is 0 Å². The monoisotopic (exact) mass is 334 g/mol. The standard InChI is InChI=1S/C18H34N6/c1-2-3-4-5-6-9-13-20-18(19)21-14-12-17-23-22-16-11-8-7-10-15-24(16)17/h2-15H2,1H3,(H3,19,20,21). The Morgan fingerprint density at radius 2 is 1.96 bits per heavy atom. The van der Waals surface area contributed by atoms with Gasteiger partial charge < -0.3 is 15.6 Å². The number of rotatable bonds is 10. The Morgan fingerprint density at radius 1 is 1.12 bits per heavy atom. The van der Waals surface area contributed by atoms with Crippen molar-refractivity contribution in [1.29, 1.82) is 0 Å². The SMILES string of the molecule is CCCCCCCCN=C(N)NCCc1nnc2n1CCCCC2. The summed E-state index contributed by atoms with van der Waals surface area (Å²) < 4.78 is 2.29. The van der Waals surface area contributed by atoms with Crippen LogP contribution in [0.15, 0.2) is 4.99 Å². The molecule has 0 saturated carbocycles. The smallest absolute Gasteiger partial charge is 0.188 e. The number of unbranched alkanes of at least 4 members (excludes halogenated alkanes) is 5. The Kier molecular flexibility index (Phi) is 8.63. The zero-order valence-corrected chi connectivity index (χ0v) is 15.3. The van der Waals surface area contributed by atoms with Gasteiger partial charge in [0.25, 0.3) is 0 Å². The molecule has 1 aliphatic heterocycles. The van der Waals surface area contributed by atoms with E-state index in [-0.39, 0.29) is 0 Å². The van der Waals surface area contributed by atoms with Crippen LogP contribution >= 0.6 is 0 Å². The zero-order valence-electron chi connectivity index (χ0n) is 15.3. The first kappa shape index (κ1) is 18.7.